The quantitative estimate of drug-likeness (QED) is 0.394. The van der Waals surface area contributed by atoms with Crippen LogP contribution in [-0.2, 0) is 9.47 Å². The van der Waals surface area contributed by atoms with Gasteiger partial charge in [0.25, 0.3) is 0 Å². The topological polar surface area (TPSA) is 43.5 Å². The van der Waals surface area contributed by atoms with Gasteiger partial charge in [0.05, 0.1) is 13.2 Å². The number of rotatable bonds is 11. The standard InChI is InChI=1S/C24H47N5O2/c1-9-27(10-2)23(21(5)28-16-18-31-19-17-28)20(4)24(6,30-8)26(7)29(11-3)22-12-14-25-15-13-22/h9,21-22,25H,1,10-19H2,2-8H3/b23-20-. The maximum Gasteiger partial charge on any atom is 0.154 e. The molecule has 2 aliphatic rings. The van der Waals surface area contributed by atoms with Crippen molar-refractivity contribution in [2.45, 2.75) is 65.3 Å². The zero-order chi connectivity index (χ0) is 23.0. The smallest absolute Gasteiger partial charge is 0.154 e. The Bertz CT molecular complexity index is 587. The molecule has 2 aliphatic heterocycles. The van der Waals surface area contributed by atoms with Crippen LogP contribution >= 0.6 is 0 Å². The van der Waals surface area contributed by atoms with Gasteiger partial charge in [0.1, 0.15) is 0 Å². The number of nitrogens with zero attached hydrogens (tertiary/aromatic N) is 4. The van der Waals surface area contributed by atoms with E-state index in [2.05, 4.69) is 73.4 Å². The second-order valence-electron chi connectivity index (χ2n) is 8.75. The third kappa shape index (κ3) is 5.89. The summed E-state index contributed by atoms with van der Waals surface area (Å²) in [6.07, 6.45) is 4.27. The number of likely N-dealkylation sites (N-methyl/N-ethyl adjacent to an activating group) is 2. The highest BCUT2D eigenvalue weighted by Crippen LogP contribution is 2.33. The number of hydrogen-bond donors (Lipinski definition) is 1. The Balaban J connectivity index is 2.45. The van der Waals surface area contributed by atoms with Gasteiger partial charge >= 0.3 is 0 Å². The van der Waals surface area contributed by atoms with Crippen LogP contribution < -0.4 is 5.32 Å². The van der Waals surface area contributed by atoms with E-state index in [0.717, 1.165) is 65.3 Å². The van der Waals surface area contributed by atoms with E-state index in [4.69, 9.17) is 9.47 Å². The number of hydrazine groups is 1. The van der Waals surface area contributed by atoms with Crippen molar-refractivity contribution in [1.82, 2.24) is 25.1 Å². The molecular formula is C24H47N5O2. The number of morpholine rings is 1. The van der Waals surface area contributed by atoms with E-state index in [1.807, 2.05) is 13.3 Å². The third-order valence-corrected chi connectivity index (χ3v) is 7.39. The summed E-state index contributed by atoms with van der Waals surface area (Å²) in [5.41, 5.74) is 1.94. The van der Waals surface area contributed by atoms with Gasteiger partial charge in [-0.25, -0.2) is 10.0 Å². The number of hydrogen-bond acceptors (Lipinski definition) is 7. The third-order valence-electron chi connectivity index (χ3n) is 7.39. The fourth-order valence-corrected chi connectivity index (χ4v) is 5.13. The second kappa shape index (κ2) is 12.3. The summed E-state index contributed by atoms with van der Waals surface area (Å²) >= 11 is 0. The molecule has 0 bridgehead atoms. The largest absolute Gasteiger partial charge is 0.379 e. The minimum absolute atomic E-state index is 0.249. The molecule has 7 nitrogen and oxygen atoms in total. The van der Waals surface area contributed by atoms with E-state index in [9.17, 15) is 0 Å². The lowest BCUT2D eigenvalue weighted by Gasteiger charge is -2.50. The molecular weight excluding hydrogens is 390 g/mol. The first-order chi connectivity index (χ1) is 14.8. The van der Waals surface area contributed by atoms with Crippen molar-refractivity contribution in [3.63, 3.8) is 0 Å². The van der Waals surface area contributed by atoms with E-state index in [-0.39, 0.29) is 6.04 Å². The number of nitrogens with one attached hydrogen (secondary N) is 1. The van der Waals surface area contributed by atoms with Gasteiger partial charge in [-0.3, -0.25) is 4.90 Å². The summed E-state index contributed by atoms with van der Waals surface area (Å²) in [5, 5.41) is 8.32. The minimum Gasteiger partial charge on any atom is -0.379 e. The molecule has 2 fully saturated rings. The van der Waals surface area contributed by atoms with Crippen molar-refractivity contribution in [3.8, 4) is 0 Å². The maximum absolute atomic E-state index is 6.30. The van der Waals surface area contributed by atoms with Crippen molar-refractivity contribution < 1.29 is 9.47 Å². The van der Waals surface area contributed by atoms with Crippen molar-refractivity contribution in [1.29, 1.82) is 0 Å². The molecule has 2 heterocycles. The number of piperidine rings is 1. The van der Waals surface area contributed by atoms with E-state index in [0.29, 0.717) is 6.04 Å². The summed E-state index contributed by atoms with van der Waals surface area (Å²) in [6.45, 7) is 22.7. The SMILES string of the molecule is C=CN(CC)/C(=C(/C)C(C)(OC)N(C)N(CC)C1CCNCC1)C(C)N1CCOCC1. The molecule has 0 spiro atoms. The first-order valence-electron chi connectivity index (χ1n) is 12.0. The van der Waals surface area contributed by atoms with Gasteiger partial charge in [-0.1, -0.05) is 13.5 Å². The number of ether oxygens (including phenoxy) is 2. The van der Waals surface area contributed by atoms with E-state index in [1.165, 1.54) is 11.3 Å². The van der Waals surface area contributed by atoms with Crippen molar-refractivity contribution in [3.05, 3.63) is 24.0 Å². The van der Waals surface area contributed by atoms with Gasteiger partial charge in [0.2, 0.25) is 0 Å². The Kier molecular flexibility index (Phi) is 10.5. The summed E-state index contributed by atoms with van der Waals surface area (Å²) in [5.74, 6) is 0. The van der Waals surface area contributed by atoms with E-state index in [1.54, 1.807) is 0 Å². The molecule has 0 aromatic heterocycles. The van der Waals surface area contributed by atoms with Crippen LogP contribution in [0.5, 0.6) is 0 Å². The van der Waals surface area contributed by atoms with Crippen molar-refractivity contribution in [2.24, 2.45) is 0 Å². The average molecular weight is 438 g/mol. The molecule has 0 aromatic carbocycles. The van der Waals surface area contributed by atoms with Gasteiger partial charge < -0.3 is 19.7 Å². The molecule has 0 aliphatic carbocycles. The monoisotopic (exact) mass is 437 g/mol. The van der Waals surface area contributed by atoms with E-state index < -0.39 is 5.72 Å². The minimum atomic E-state index is -0.562. The molecule has 0 saturated carbocycles. The first kappa shape index (κ1) is 26.3. The number of methoxy groups -OCH3 is 1. The van der Waals surface area contributed by atoms with Gasteiger partial charge in [0.15, 0.2) is 5.72 Å². The lowest BCUT2D eigenvalue weighted by molar-refractivity contribution is -0.200. The molecule has 0 radical (unpaired) electrons. The van der Waals surface area contributed by atoms with Gasteiger partial charge in [-0.15, -0.1) is 0 Å². The van der Waals surface area contributed by atoms with Crippen LogP contribution in [-0.4, -0.2) is 104 Å². The summed E-state index contributed by atoms with van der Waals surface area (Å²) in [6, 6.07) is 0.777. The Hall–Kier alpha value is -0.960. The van der Waals surface area contributed by atoms with Crippen LogP contribution in [0.3, 0.4) is 0 Å². The zero-order valence-corrected chi connectivity index (χ0v) is 21.1. The normalized spacial score (nSPS) is 22.9. The maximum atomic E-state index is 6.30. The average Bonchev–Trinajstić information content (AvgIpc) is 2.82. The summed E-state index contributed by atoms with van der Waals surface area (Å²) < 4.78 is 11.9. The molecule has 2 rings (SSSR count). The zero-order valence-electron chi connectivity index (χ0n) is 21.1. The van der Waals surface area contributed by atoms with Gasteiger partial charge in [-0.05, 0) is 65.4 Å². The van der Waals surface area contributed by atoms with Crippen LogP contribution in [0, 0.1) is 0 Å². The Morgan fingerprint density at radius 3 is 2.35 bits per heavy atom. The Labute approximate surface area is 191 Å². The van der Waals surface area contributed by atoms with Crippen LogP contribution in [0.4, 0.5) is 0 Å². The van der Waals surface area contributed by atoms with Crippen LogP contribution in [0.15, 0.2) is 24.0 Å². The Morgan fingerprint density at radius 2 is 1.87 bits per heavy atom. The highest BCUT2D eigenvalue weighted by molar-refractivity contribution is 5.26. The highest BCUT2D eigenvalue weighted by atomic mass is 16.5. The first-order valence-corrected chi connectivity index (χ1v) is 12.0. The molecule has 31 heavy (non-hydrogen) atoms. The Morgan fingerprint density at radius 1 is 1.26 bits per heavy atom. The molecule has 0 aromatic rings. The van der Waals surface area contributed by atoms with Crippen molar-refractivity contribution in [2.75, 3.05) is 66.6 Å². The lowest BCUT2D eigenvalue weighted by atomic mass is 9.97. The fraction of sp³-hybridized carbons (Fsp3) is 0.833. The summed E-state index contributed by atoms with van der Waals surface area (Å²) in [4.78, 5) is 4.79. The van der Waals surface area contributed by atoms with E-state index >= 15 is 0 Å². The van der Waals surface area contributed by atoms with Crippen LogP contribution in [0.2, 0.25) is 0 Å². The fourth-order valence-electron chi connectivity index (χ4n) is 5.13. The predicted octanol–water partition coefficient (Wildman–Crippen LogP) is 2.73. The molecule has 1 N–H and O–H groups in total. The molecule has 180 valence electrons. The predicted molar refractivity (Wildman–Crippen MR) is 129 cm³/mol. The van der Waals surface area contributed by atoms with Gasteiger partial charge in [0, 0.05) is 58.1 Å². The lowest BCUT2D eigenvalue weighted by Crippen LogP contribution is -2.60. The molecule has 0 amide bonds. The summed E-state index contributed by atoms with van der Waals surface area (Å²) in [7, 11) is 4.01. The highest BCUT2D eigenvalue weighted by Gasteiger charge is 2.40. The molecule has 2 atom stereocenters. The second-order valence-corrected chi connectivity index (χ2v) is 8.75. The molecule has 2 saturated heterocycles. The van der Waals surface area contributed by atoms with Gasteiger partial charge in [-0.2, -0.15) is 0 Å². The van der Waals surface area contributed by atoms with Crippen molar-refractivity contribution >= 4 is 0 Å². The molecule has 7 heteroatoms. The van der Waals surface area contributed by atoms with Crippen LogP contribution in [0.1, 0.15) is 47.5 Å². The molecule has 2 unspecified atom stereocenters. The van der Waals surface area contributed by atoms with Crippen LogP contribution in [0.25, 0.3) is 0 Å².